The molecule has 1 unspecified atom stereocenters. The van der Waals surface area contributed by atoms with E-state index in [0.717, 1.165) is 0 Å². The molecule has 0 bridgehead atoms. The van der Waals surface area contributed by atoms with E-state index in [9.17, 15) is 24.3 Å². The Morgan fingerprint density at radius 1 is 1.15 bits per heavy atom. The van der Waals surface area contributed by atoms with Crippen molar-refractivity contribution in [2.24, 2.45) is 7.05 Å². The molecule has 0 aliphatic carbocycles. The van der Waals surface area contributed by atoms with Crippen LogP contribution in [-0.2, 0) is 27.9 Å². The fourth-order valence-electron chi connectivity index (χ4n) is 4.21. The van der Waals surface area contributed by atoms with E-state index in [0.29, 0.717) is 33.5 Å². The number of carbonyl (C=O) groups is 4. The quantitative estimate of drug-likeness (QED) is 0.167. The standard InChI is InChI=1S/C25H22N6O6S2/c1-30-25(27-28-29-30)39-13-15-12-38-22-19(21(33)31(22)20(15)23(34)35)26-18(32)11-14-7-5-6-10-17(14)24(36)37-16-8-3-2-4-9-16/h2-10,19,22H,11-13H2,1H3,(H,26,32)(H,34,35)/t19?,22-/m1/s1. The van der Waals surface area contributed by atoms with Crippen molar-refractivity contribution in [2.45, 2.75) is 23.0 Å². The van der Waals surface area contributed by atoms with E-state index in [1.54, 1.807) is 61.6 Å². The smallest absolute Gasteiger partial charge is 0.352 e. The number of aryl methyl sites for hydroxylation is 1. The van der Waals surface area contributed by atoms with E-state index in [-0.39, 0.29) is 17.7 Å². The predicted molar refractivity (Wildman–Crippen MR) is 141 cm³/mol. The van der Waals surface area contributed by atoms with Crippen LogP contribution in [0.4, 0.5) is 0 Å². The van der Waals surface area contributed by atoms with Crippen LogP contribution in [0.2, 0.25) is 0 Å². The van der Waals surface area contributed by atoms with E-state index in [4.69, 9.17) is 4.74 Å². The summed E-state index contributed by atoms with van der Waals surface area (Å²) < 4.78 is 6.89. The molecular weight excluding hydrogens is 544 g/mol. The summed E-state index contributed by atoms with van der Waals surface area (Å²) in [6.07, 6.45) is -0.156. The molecule has 3 heterocycles. The Hall–Kier alpha value is -4.17. The number of esters is 1. The Morgan fingerprint density at radius 2 is 1.90 bits per heavy atom. The van der Waals surface area contributed by atoms with Gasteiger partial charge >= 0.3 is 11.9 Å². The molecule has 1 saturated heterocycles. The second kappa shape index (κ2) is 11.3. The number of para-hydroxylation sites is 1. The molecule has 2 aliphatic heterocycles. The summed E-state index contributed by atoms with van der Waals surface area (Å²) in [6.45, 7) is 0. The van der Waals surface area contributed by atoms with Crippen molar-refractivity contribution < 1.29 is 29.0 Å². The van der Waals surface area contributed by atoms with Crippen LogP contribution in [0, 0.1) is 0 Å². The van der Waals surface area contributed by atoms with Gasteiger partial charge in [-0.05, 0) is 39.8 Å². The van der Waals surface area contributed by atoms with Crippen LogP contribution in [0.1, 0.15) is 15.9 Å². The van der Waals surface area contributed by atoms with Crippen LogP contribution in [-0.4, -0.2) is 76.9 Å². The number of aliphatic carboxylic acids is 1. The summed E-state index contributed by atoms with van der Waals surface area (Å²) in [6, 6.07) is 14.3. The van der Waals surface area contributed by atoms with Crippen LogP contribution in [0.25, 0.3) is 0 Å². The molecule has 2 N–H and O–H groups in total. The minimum atomic E-state index is -1.21. The number of β-lactam (4-membered cyclic amide) rings is 1. The Labute approximate surface area is 230 Å². The molecule has 2 amide bonds. The number of fused-ring (bicyclic) bond motifs is 1. The highest BCUT2D eigenvalue weighted by Gasteiger charge is 2.54. The molecule has 2 aromatic carbocycles. The molecule has 2 aliphatic rings. The average Bonchev–Trinajstić information content (AvgIpc) is 3.35. The van der Waals surface area contributed by atoms with Gasteiger partial charge in [-0.25, -0.2) is 14.3 Å². The fraction of sp³-hybridized carbons (Fsp3) is 0.240. The second-order valence-corrected chi connectivity index (χ2v) is 10.7. The van der Waals surface area contributed by atoms with Gasteiger partial charge in [0.1, 0.15) is 22.9 Å². The van der Waals surface area contributed by atoms with E-state index < -0.39 is 35.2 Å². The largest absolute Gasteiger partial charge is 0.477 e. The first kappa shape index (κ1) is 26.4. The number of hydrogen-bond donors (Lipinski definition) is 2. The van der Waals surface area contributed by atoms with Gasteiger partial charge in [0, 0.05) is 18.6 Å². The first-order valence-corrected chi connectivity index (χ1v) is 13.8. The van der Waals surface area contributed by atoms with Crippen molar-refractivity contribution in [1.29, 1.82) is 0 Å². The molecule has 0 radical (unpaired) electrons. The number of amides is 2. The Kier molecular flexibility index (Phi) is 7.65. The number of thioether (sulfide) groups is 2. The van der Waals surface area contributed by atoms with E-state index in [1.165, 1.54) is 33.1 Å². The molecule has 1 aromatic heterocycles. The van der Waals surface area contributed by atoms with Gasteiger partial charge in [-0.15, -0.1) is 16.9 Å². The highest BCUT2D eigenvalue weighted by molar-refractivity contribution is 8.01. The topological polar surface area (TPSA) is 157 Å². The van der Waals surface area contributed by atoms with Crippen LogP contribution >= 0.6 is 23.5 Å². The minimum absolute atomic E-state index is 0.0779. The zero-order valence-corrected chi connectivity index (χ0v) is 22.1. The van der Waals surface area contributed by atoms with Gasteiger partial charge in [0.2, 0.25) is 11.1 Å². The molecule has 0 spiro atoms. The molecule has 0 saturated carbocycles. The molecule has 14 heteroatoms. The molecule has 1 fully saturated rings. The number of hydrogen-bond acceptors (Lipinski definition) is 10. The number of rotatable bonds is 9. The molecular formula is C25H22N6O6S2. The van der Waals surface area contributed by atoms with Crippen LogP contribution in [0.5, 0.6) is 5.75 Å². The van der Waals surface area contributed by atoms with Gasteiger partial charge in [-0.1, -0.05) is 48.2 Å². The Bertz CT molecular complexity index is 1480. The van der Waals surface area contributed by atoms with E-state index >= 15 is 0 Å². The number of carboxylic acid groups (broad SMARTS) is 1. The maximum atomic E-state index is 13.0. The SMILES string of the molecule is Cn1nnnc1SCC1=C(C(=O)O)N2C(=O)C(NC(=O)Cc3ccccc3C(=O)Oc3ccccc3)[C@H]2SC1. The zero-order valence-electron chi connectivity index (χ0n) is 20.5. The van der Waals surface area contributed by atoms with Crippen LogP contribution in [0.3, 0.4) is 0 Å². The summed E-state index contributed by atoms with van der Waals surface area (Å²) in [4.78, 5) is 51.9. The van der Waals surface area contributed by atoms with E-state index in [1.807, 2.05) is 0 Å². The number of nitrogens with zero attached hydrogens (tertiary/aromatic N) is 5. The fourth-order valence-corrected chi connectivity index (χ4v) is 6.55. The monoisotopic (exact) mass is 566 g/mol. The van der Waals surface area contributed by atoms with Gasteiger partial charge in [-0.3, -0.25) is 14.5 Å². The van der Waals surface area contributed by atoms with Gasteiger partial charge < -0.3 is 15.2 Å². The number of tetrazole rings is 1. The maximum absolute atomic E-state index is 13.0. The molecule has 5 rings (SSSR count). The van der Waals surface area contributed by atoms with Crippen molar-refractivity contribution in [3.63, 3.8) is 0 Å². The zero-order chi connectivity index (χ0) is 27.5. The molecule has 3 aromatic rings. The summed E-state index contributed by atoms with van der Waals surface area (Å²) in [5.41, 5.74) is 1.17. The van der Waals surface area contributed by atoms with Gasteiger partial charge in [0.15, 0.2) is 0 Å². The highest BCUT2D eigenvalue weighted by Crippen LogP contribution is 2.41. The van der Waals surface area contributed by atoms with Crippen LogP contribution < -0.4 is 10.1 Å². The lowest BCUT2D eigenvalue weighted by atomic mass is 10.0. The van der Waals surface area contributed by atoms with Crippen molar-refractivity contribution in [1.82, 2.24) is 30.4 Å². The average molecular weight is 567 g/mol. The number of nitrogens with one attached hydrogen (secondary N) is 1. The van der Waals surface area contributed by atoms with Crippen molar-refractivity contribution in [2.75, 3.05) is 11.5 Å². The highest BCUT2D eigenvalue weighted by atomic mass is 32.2. The molecule has 2 atom stereocenters. The third-order valence-electron chi connectivity index (χ3n) is 6.07. The van der Waals surface area contributed by atoms with Crippen molar-refractivity contribution in [3.05, 3.63) is 77.0 Å². The number of ether oxygens (including phenoxy) is 1. The van der Waals surface area contributed by atoms with Crippen molar-refractivity contribution in [3.8, 4) is 5.75 Å². The first-order chi connectivity index (χ1) is 18.8. The second-order valence-electron chi connectivity index (χ2n) is 8.62. The van der Waals surface area contributed by atoms with Crippen molar-refractivity contribution >= 4 is 47.3 Å². The minimum Gasteiger partial charge on any atom is -0.477 e. The number of benzene rings is 2. The van der Waals surface area contributed by atoms with Gasteiger partial charge in [0.05, 0.1) is 12.0 Å². The van der Waals surface area contributed by atoms with Gasteiger partial charge in [0.25, 0.3) is 5.91 Å². The van der Waals surface area contributed by atoms with Crippen LogP contribution in [0.15, 0.2) is 71.0 Å². The lowest BCUT2D eigenvalue weighted by molar-refractivity contribution is -0.150. The predicted octanol–water partition coefficient (Wildman–Crippen LogP) is 1.50. The molecule has 12 nitrogen and oxygen atoms in total. The third kappa shape index (κ3) is 5.52. The van der Waals surface area contributed by atoms with Gasteiger partial charge in [-0.2, -0.15) is 0 Å². The number of carbonyl (C=O) groups excluding carboxylic acids is 3. The lowest BCUT2D eigenvalue weighted by Crippen LogP contribution is -2.70. The lowest BCUT2D eigenvalue weighted by Gasteiger charge is -2.49. The summed E-state index contributed by atoms with van der Waals surface area (Å²) in [5.74, 6) is -1.73. The molecule has 39 heavy (non-hydrogen) atoms. The Morgan fingerprint density at radius 3 is 2.62 bits per heavy atom. The maximum Gasteiger partial charge on any atom is 0.352 e. The Balaban J connectivity index is 1.24. The number of carboxylic acids is 1. The summed E-state index contributed by atoms with van der Waals surface area (Å²) >= 11 is 2.65. The normalized spacial score (nSPS) is 18.3. The van der Waals surface area contributed by atoms with E-state index in [2.05, 4.69) is 20.8 Å². The number of aromatic nitrogens is 4. The third-order valence-corrected chi connectivity index (χ3v) is 8.50. The first-order valence-electron chi connectivity index (χ1n) is 11.7. The summed E-state index contributed by atoms with van der Waals surface area (Å²) in [7, 11) is 1.68. The molecule has 200 valence electrons. The summed E-state index contributed by atoms with van der Waals surface area (Å²) in [5, 5.41) is 23.8.